The predicted molar refractivity (Wildman–Crippen MR) is 115 cm³/mol. The van der Waals surface area contributed by atoms with Crippen LogP contribution in [0.4, 0.5) is 0 Å². The standard InChI is InChI=1S/C24H32N2O3/c1-16-22(25-21-10-6-5-9-20(21)23(16)27)15-29-19-13-11-18(12-14-19)26(2)24(28)17-7-3-4-8-17/h5-6,9-10,17-19H,3-4,7-8,11-15H2,1-2H3,(H,25,27). The average molecular weight is 397 g/mol. The minimum atomic E-state index is 0.0775. The number of nitrogens with one attached hydrogen (secondary N) is 1. The molecule has 0 atom stereocenters. The largest absolute Gasteiger partial charge is 0.372 e. The molecule has 0 radical (unpaired) electrons. The lowest BCUT2D eigenvalue weighted by molar-refractivity contribution is -0.137. The van der Waals surface area contributed by atoms with Gasteiger partial charge in [-0.25, -0.2) is 0 Å². The first-order valence-electron chi connectivity index (χ1n) is 11.0. The topological polar surface area (TPSA) is 62.4 Å². The van der Waals surface area contributed by atoms with E-state index in [4.69, 9.17) is 4.74 Å². The second-order valence-corrected chi connectivity index (χ2v) is 8.78. The van der Waals surface area contributed by atoms with Gasteiger partial charge in [-0.05, 0) is 57.6 Å². The van der Waals surface area contributed by atoms with Gasteiger partial charge < -0.3 is 14.6 Å². The van der Waals surface area contributed by atoms with Crippen LogP contribution in [-0.4, -0.2) is 35.0 Å². The van der Waals surface area contributed by atoms with Crippen molar-refractivity contribution < 1.29 is 9.53 Å². The molecule has 0 bridgehead atoms. The number of aromatic amines is 1. The molecule has 5 nitrogen and oxygen atoms in total. The summed E-state index contributed by atoms with van der Waals surface area (Å²) in [5, 5.41) is 0.726. The van der Waals surface area contributed by atoms with E-state index in [-0.39, 0.29) is 17.5 Å². The Hall–Kier alpha value is -2.14. The van der Waals surface area contributed by atoms with Gasteiger partial charge in [0.2, 0.25) is 5.91 Å². The van der Waals surface area contributed by atoms with Gasteiger partial charge in [-0.15, -0.1) is 0 Å². The third kappa shape index (κ3) is 4.25. The Morgan fingerprint density at radius 2 is 1.79 bits per heavy atom. The molecule has 2 aromatic rings. The second-order valence-electron chi connectivity index (χ2n) is 8.78. The first kappa shape index (κ1) is 20.1. The van der Waals surface area contributed by atoms with Crippen LogP contribution in [0, 0.1) is 12.8 Å². The highest BCUT2D eigenvalue weighted by Crippen LogP contribution is 2.30. The first-order valence-corrected chi connectivity index (χ1v) is 11.0. The highest BCUT2D eigenvalue weighted by molar-refractivity contribution is 5.79. The zero-order valence-electron chi connectivity index (χ0n) is 17.6. The smallest absolute Gasteiger partial charge is 0.225 e. The molecule has 2 fully saturated rings. The minimum absolute atomic E-state index is 0.0775. The predicted octanol–water partition coefficient (Wildman–Crippen LogP) is 4.31. The number of para-hydroxylation sites is 1. The van der Waals surface area contributed by atoms with Gasteiger partial charge in [-0.1, -0.05) is 25.0 Å². The van der Waals surface area contributed by atoms with Crippen molar-refractivity contribution in [3.05, 3.63) is 45.7 Å². The van der Waals surface area contributed by atoms with Gasteiger partial charge in [-0.3, -0.25) is 9.59 Å². The lowest BCUT2D eigenvalue weighted by atomic mass is 9.91. The molecule has 5 heteroatoms. The van der Waals surface area contributed by atoms with Crippen LogP contribution in [-0.2, 0) is 16.1 Å². The number of pyridine rings is 1. The molecule has 1 aromatic heterocycles. The van der Waals surface area contributed by atoms with Gasteiger partial charge >= 0.3 is 0 Å². The van der Waals surface area contributed by atoms with E-state index in [1.54, 1.807) is 0 Å². The molecule has 0 spiro atoms. The lowest BCUT2D eigenvalue weighted by Crippen LogP contribution is -2.43. The highest BCUT2D eigenvalue weighted by atomic mass is 16.5. The normalized spacial score (nSPS) is 22.8. The number of fused-ring (bicyclic) bond motifs is 1. The lowest BCUT2D eigenvalue weighted by Gasteiger charge is -2.35. The van der Waals surface area contributed by atoms with Crippen molar-refractivity contribution in [1.29, 1.82) is 0 Å². The van der Waals surface area contributed by atoms with Crippen molar-refractivity contribution in [3.63, 3.8) is 0 Å². The van der Waals surface area contributed by atoms with Crippen molar-refractivity contribution >= 4 is 16.8 Å². The number of carbonyl (C=O) groups is 1. The fourth-order valence-corrected chi connectivity index (χ4v) is 4.97. The Kier molecular flexibility index (Phi) is 6.04. The van der Waals surface area contributed by atoms with E-state index in [0.29, 0.717) is 18.6 Å². The maximum Gasteiger partial charge on any atom is 0.225 e. The van der Waals surface area contributed by atoms with Crippen molar-refractivity contribution in [2.24, 2.45) is 5.92 Å². The summed E-state index contributed by atoms with van der Waals surface area (Å²) >= 11 is 0. The van der Waals surface area contributed by atoms with E-state index < -0.39 is 0 Å². The molecule has 2 aliphatic rings. The molecule has 1 amide bonds. The number of amides is 1. The fraction of sp³-hybridized carbons (Fsp3) is 0.583. The molecule has 1 aromatic carbocycles. The van der Waals surface area contributed by atoms with Gasteiger partial charge in [0.1, 0.15) is 0 Å². The highest BCUT2D eigenvalue weighted by Gasteiger charge is 2.31. The van der Waals surface area contributed by atoms with Crippen molar-refractivity contribution in [2.75, 3.05) is 7.05 Å². The Morgan fingerprint density at radius 3 is 2.52 bits per heavy atom. The van der Waals surface area contributed by atoms with Gasteiger partial charge in [0.05, 0.1) is 12.7 Å². The summed E-state index contributed by atoms with van der Waals surface area (Å²) in [6, 6.07) is 7.95. The summed E-state index contributed by atoms with van der Waals surface area (Å²) in [6.07, 6.45) is 8.61. The van der Waals surface area contributed by atoms with E-state index >= 15 is 0 Å². The molecule has 2 saturated carbocycles. The number of H-pyrrole nitrogens is 1. The van der Waals surface area contributed by atoms with Crippen LogP contribution in [0.5, 0.6) is 0 Å². The Bertz CT molecular complexity index is 921. The molecular weight excluding hydrogens is 364 g/mol. The molecule has 2 aliphatic carbocycles. The monoisotopic (exact) mass is 396 g/mol. The summed E-state index contributed by atoms with van der Waals surface area (Å²) in [5.41, 5.74) is 2.54. The number of nitrogens with zero attached hydrogens (tertiary/aromatic N) is 1. The number of aromatic nitrogens is 1. The molecule has 4 rings (SSSR count). The van der Waals surface area contributed by atoms with Gasteiger partial charge in [0.15, 0.2) is 5.43 Å². The van der Waals surface area contributed by atoms with Crippen LogP contribution in [0.1, 0.15) is 62.6 Å². The molecule has 29 heavy (non-hydrogen) atoms. The first-order chi connectivity index (χ1) is 14.0. The summed E-state index contributed by atoms with van der Waals surface area (Å²) in [5.74, 6) is 0.595. The minimum Gasteiger partial charge on any atom is -0.372 e. The van der Waals surface area contributed by atoms with Crippen molar-refractivity contribution in [3.8, 4) is 0 Å². The number of benzene rings is 1. The van der Waals surface area contributed by atoms with Gasteiger partial charge in [0, 0.05) is 41.2 Å². The zero-order chi connectivity index (χ0) is 20.4. The summed E-state index contributed by atoms with van der Waals surface area (Å²) < 4.78 is 6.17. The molecule has 1 heterocycles. The van der Waals surface area contributed by atoms with E-state index in [1.807, 2.05) is 43.1 Å². The molecule has 1 N–H and O–H groups in total. The Balaban J connectivity index is 1.32. The SMILES string of the molecule is Cc1c(COC2CCC(N(C)C(=O)C3CCCC3)CC2)[nH]c2ccccc2c1=O. The number of ether oxygens (including phenoxy) is 1. The quantitative estimate of drug-likeness (QED) is 0.819. The fourth-order valence-electron chi connectivity index (χ4n) is 4.97. The average Bonchev–Trinajstić information content (AvgIpc) is 3.29. The zero-order valence-corrected chi connectivity index (χ0v) is 17.6. The molecule has 156 valence electrons. The van der Waals surface area contributed by atoms with Gasteiger partial charge in [-0.2, -0.15) is 0 Å². The molecule has 0 unspecified atom stereocenters. The van der Waals surface area contributed by atoms with Crippen LogP contribution < -0.4 is 5.43 Å². The number of carbonyl (C=O) groups excluding carboxylic acids is 1. The maximum absolute atomic E-state index is 12.7. The van der Waals surface area contributed by atoms with E-state index in [2.05, 4.69) is 4.98 Å². The third-order valence-corrected chi connectivity index (χ3v) is 6.96. The summed E-state index contributed by atoms with van der Waals surface area (Å²) in [6.45, 7) is 2.29. The van der Waals surface area contributed by atoms with Gasteiger partial charge in [0.25, 0.3) is 0 Å². The van der Waals surface area contributed by atoms with Crippen LogP contribution in [0.3, 0.4) is 0 Å². The number of hydrogen-bond acceptors (Lipinski definition) is 3. The van der Waals surface area contributed by atoms with Crippen LogP contribution in [0.15, 0.2) is 29.1 Å². The molecule has 0 aliphatic heterocycles. The Labute approximate surface area is 172 Å². The summed E-state index contributed by atoms with van der Waals surface area (Å²) in [7, 11) is 1.98. The summed E-state index contributed by atoms with van der Waals surface area (Å²) in [4.78, 5) is 30.6. The van der Waals surface area contributed by atoms with Crippen LogP contribution in [0.25, 0.3) is 10.9 Å². The van der Waals surface area contributed by atoms with E-state index in [9.17, 15) is 9.59 Å². The number of hydrogen-bond donors (Lipinski definition) is 1. The van der Waals surface area contributed by atoms with Crippen molar-refractivity contribution in [2.45, 2.75) is 77.0 Å². The Morgan fingerprint density at radius 1 is 1.10 bits per heavy atom. The van der Waals surface area contributed by atoms with Crippen LogP contribution in [0.2, 0.25) is 0 Å². The van der Waals surface area contributed by atoms with Crippen molar-refractivity contribution in [1.82, 2.24) is 9.88 Å². The second kappa shape index (κ2) is 8.70. The third-order valence-electron chi connectivity index (χ3n) is 6.96. The van der Waals surface area contributed by atoms with E-state index in [1.165, 1.54) is 12.8 Å². The molecular formula is C24H32N2O3. The van der Waals surface area contributed by atoms with E-state index in [0.717, 1.165) is 60.7 Å². The van der Waals surface area contributed by atoms with Crippen LogP contribution >= 0.6 is 0 Å². The molecule has 0 saturated heterocycles. The number of rotatable bonds is 5. The maximum atomic E-state index is 12.7.